The highest BCUT2D eigenvalue weighted by Crippen LogP contribution is 2.21. The molecule has 18 heavy (non-hydrogen) atoms. The summed E-state index contributed by atoms with van der Waals surface area (Å²) in [6.45, 7) is 10.1. The molecule has 0 aromatic carbocycles. The van der Waals surface area contributed by atoms with Crippen LogP contribution in [0.5, 0.6) is 0 Å². The second kappa shape index (κ2) is 8.89. The van der Waals surface area contributed by atoms with Crippen LogP contribution in [-0.4, -0.2) is 31.5 Å². The molecule has 0 saturated heterocycles. The molecule has 0 aromatic heterocycles. The summed E-state index contributed by atoms with van der Waals surface area (Å²) in [6.07, 6.45) is 6.91. The summed E-state index contributed by atoms with van der Waals surface area (Å²) >= 11 is 0. The van der Waals surface area contributed by atoms with Crippen LogP contribution < -0.4 is 5.73 Å². The van der Waals surface area contributed by atoms with Gasteiger partial charge in [0.25, 0.3) is 0 Å². The summed E-state index contributed by atoms with van der Waals surface area (Å²) < 4.78 is 11.4. The molecule has 0 heterocycles. The van der Waals surface area contributed by atoms with Gasteiger partial charge in [-0.15, -0.1) is 0 Å². The molecule has 0 bridgehead atoms. The molecule has 0 rings (SSSR count). The van der Waals surface area contributed by atoms with Gasteiger partial charge in [-0.3, -0.25) is 0 Å². The molecule has 0 atom stereocenters. The van der Waals surface area contributed by atoms with E-state index in [4.69, 9.17) is 15.2 Å². The van der Waals surface area contributed by atoms with Crippen molar-refractivity contribution in [3.05, 3.63) is 0 Å². The van der Waals surface area contributed by atoms with Crippen LogP contribution in [0.15, 0.2) is 0 Å². The molecule has 0 unspecified atom stereocenters. The van der Waals surface area contributed by atoms with Gasteiger partial charge in [-0.1, -0.05) is 19.3 Å². The van der Waals surface area contributed by atoms with E-state index in [2.05, 4.69) is 27.7 Å². The lowest BCUT2D eigenvalue weighted by atomic mass is 9.99. The van der Waals surface area contributed by atoms with Crippen LogP contribution in [0.3, 0.4) is 0 Å². The van der Waals surface area contributed by atoms with Crippen molar-refractivity contribution in [1.82, 2.24) is 0 Å². The van der Waals surface area contributed by atoms with Crippen LogP contribution in [0.25, 0.3) is 0 Å². The van der Waals surface area contributed by atoms with Gasteiger partial charge in [0.05, 0.1) is 17.8 Å². The molecule has 0 aromatic rings. The average Bonchev–Trinajstić information content (AvgIpc) is 2.28. The third kappa shape index (κ3) is 9.86. The third-order valence-corrected chi connectivity index (χ3v) is 3.48. The lowest BCUT2D eigenvalue weighted by Gasteiger charge is -2.29. The Hall–Kier alpha value is -0.120. The highest BCUT2D eigenvalue weighted by atomic mass is 16.5. The highest BCUT2D eigenvalue weighted by Gasteiger charge is 2.21. The SMILES string of the molecule is COC(C)(C)CCOC(C)(C)CCCCCCN. The quantitative estimate of drug-likeness (QED) is 0.578. The van der Waals surface area contributed by atoms with E-state index in [9.17, 15) is 0 Å². The molecule has 110 valence electrons. The minimum atomic E-state index is -0.0861. The molecule has 2 N–H and O–H groups in total. The Bertz CT molecular complexity index is 203. The monoisotopic (exact) mass is 259 g/mol. The lowest BCUT2D eigenvalue weighted by molar-refractivity contribution is -0.0619. The van der Waals surface area contributed by atoms with Gasteiger partial charge in [0.2, 0.25) is 0 Å². The number of unbranched alkanes of at least 4 members (excludes halogenated alkanes) is 3. The lowest BCUT2D eigenvalue weighted by Crippen LogP contribution is -2.30. The smallest absolute Gasteiger partial charge is 0.0644 e. The average molecular weight is 259 g/mol. The number of rotatable bonds is 11. The number of hydrogen-bond donors (Lipinski definition) is 1. The first-order chi connectivity index (χ1) is 8.33. The molecule has 0 radical (unpaired) electrons. The third-order valence-electron chi connectivity index (χ3n) is 3.48. The van der Waals surface area contributed by atoms with Gasteiger partial charge in [-0.05, 0) is 53.5 Å². The van der Waals surface area contributed by atoms with Gasteiger partial charge in [-0.2, -0.15) is 0 Å². The maximum atomic E-state index is 5.97. The Labute approximate surface area is 113 Å². The Morgan fingerprint density at radius 2 is 1.44 bits per heavy atom. The summed E-state index contributed by atoms with van der Waals surface area (Å²) in [6, 6.07) is 0. The van der Waals surface area contributed by atoms with E-state index < -0.39 is 0 Å². The van der Waals surface area contributed by atoms with E-state index in [1.165, 1.54) is 19.3 Å². The molecule has 0 fully saturated rings. The zero-order valence-corrected chi connectivity index (χ0v) is 13.1. The molecule has 0 aliphatic heterocycles. The Morgan fingerprint density at radius 1 is 0.833 bits per heavy atom. The maximum Gasteiger partial charge on any atom is 0.0644 e. The van der Waals surface area contributed by atoms with Crippen molar-refractivity contribution in [2.24, 2.45) is 5.73 Å². The number of ether oxygens (including phenoxy) is 2. The summed E-state index contributed by atoms with van der Waals surface area (Å²) in [4.78, 5) is 0. The molecule has 0 aliphatic rings. The van der Waals surface area contributed by atoms with E-state index in [0.717, 1.165) is 32.4 Å². The van der Waals surface area contributed by atoms with Crippen LogP contribution in [0.4, 0.5) is 0 Å². The molecule has 0 saturated carbocycles. The number of nitrogens with two attached hydrogens (primary N) is 1. The summed E-state index contributed by atoms with van der Waals surface area (Å²) in [7, 11) is 1.75. The zero-order valence-electron chi connectivity index (χ0n) is 13.1. The molecule has 0 spiro atoms. The standard InChI is InChI=1S/C15H33NO2/c1-14(2,17-5)11-13-18-15(3,4)10-8-6-7-9-12-16/h6-13,16H2,1-5H3. The first kappa shape index (κ1) is 17.9. The highest BCUT2D eigenvalue weighted by molar-refractivity contribution is 4.71. The van der Waals surface area contributed by atoms with Gasteiger partial charge in [0.1, 0.15) is 0 Å². The molecule has 0 amide bonds. The van der Waals surface area contributed by atoms with Crippen LogP contribution in [0, 0.1) is 0 Å². The Morgan fingerprint density at radius 3 is 2.00 bits per heavy atom. The fraction of sp³-hybridized carbons (Fsp3) is 1.00. The van der Waals surface area contributed by atoms with E-state index in [0.29, 0.717) is 0 Å². The van der Waals surface area contributed by atoms with Gasteiger partial charge in [0, 0.05) is 7.11 Å². The molecule has 3 heteroatoms. The summed E-state index contributed by atoms with van der Waals surface area (Å²) in [5.41, 5.74) is 5.37. The fourth-order valence-corrected chi connectivity index (χ4v) is 1.80. The first-order valence-electron chi connectivity index (χ1n) is 7.22. The second-order valence-corrected chi connectivity index (χ2v) is 6.27. The van der Waals surface area contributed by atoms with Gasteiger partial charge >= 0.3 is 0 Å². The zero-order chi connectivity index (χ0) is 14.1. The van der Waals surface area contributed by atoms with E-state index in [-0.39, 0.29) is 11.2 Å². The van der Waals surface area contributed by atoms with Crippen LogP contribution in [0.1, 0.15) is 66.2 Å². The summed E-state index contributed by atoms with van der Waals surface area (Å²) in [5.74, 6) is 0. The molecular weight excluding hydrogens is 226 g/mol. The largest absolute Gasteiger partial charge is 0.379 e. The number of methoxy groups -OCH3 is 1. The van der Waals surface area contributed by atoms with Crippen molar-refractivity contribution in [2.45, 2.75) is 77.4 Å². The normalized spacial score (nSPS) is 13.0. The van der Waals surface area contributed by atoms with Crippen molar-refractivity contribution in [3.63, 3.8) is 0 Å². The predicted octanol–water partition coefficient (Wildman–Crippen LogP) is 3.51. The Balaban J connectivity index is 3.66. The maximum absolute atomic E-state index is 5.97. The molecular formula is C15H33NO2. The fourth-order valence-electron chi connectivity index (χ4n) is 1.80. The van der Waals surface area contributed by atoms with Gasteiger partial charge in [0.15, 0.2) is 0 Å². The molecule has 0 aliphatic carbocycles. The van der Waals surface area contributed by atoms with E-state index in [1.54, 1.807) is 7.11 Å². The van der Waals surface area contributed by atoms with Crippen molar-refractivity contribution < 1.29 is 9.47 Å². The first-order valence-corrected chi connectivity index (χ1v) is 7.22. The number of hydrogen-bond acceptors (Lipinski definition) is 3. The van der Waals surface area contributed by atoms with Crippen LogP contribution in [0.2, 0.25) is 0 Å². The predicted molar refractivity (Wildman–Crippen MR) is 77.9 cm³/mol. The van der Waals surface area contributed by atoms with E-state index >= 15 is 0 Å². The summed E-state index contributed by atoms with van der Waals surface area (Å²) in [5, 5.41) is 0. The van der Waals surface area contributed by atoms with Crippen molar-refractivity contribution in [2.75, 3.05) is 20.3 Å². The second-order valence-electron chi connectivity index (χ2n) is 6.27. The van der Waals surface area contributed by atoms with E-state index in [1.807, 2.05) is 0 Å². The topological polar surface area (TPSA) is 44.5 Å². The van der Waals surface area contributed by atoms with Gasteiger partial charge in [-0.25, -0.2) is 0 Å². The van der Waals surface area contributed by atoms with Crippen LogP contribution >= 0.6 is 0 Å². The van der Waals surface area contributed by atoms with Crippen molar-refractivity contribution >= 4 is 0 Å². The molecule has 3 nitrogen and oxygen atoms in total. The van der Waals surface area contributed by atoms with Gasteiger partial charge < -0.3 is 15.2 Å². The minimum Gasteiger partial charge on any atom is -0.379 e. The van der Waals surface area contributed by atoms with Crippen LogP contribution in [-0.2, 0) is 9.47 Å². The van der Waals surface area contributed by atoms with Crippen molar-refractivity contribution in [1.29, 1.82) is 0 Å². The Kier molecular flexibility index (Phi) is 8.83. The minimum absolute atomic E-state index is 0.0213. The van der Waals surface area contributed by atoms with Crippen molar-refractivity contribution in [3.8, 4) is 0 Å².